The summed E-state index contributed by atoms with van der Waals surface area (Å²) in [6, 6.07) is 16.1. The van der Waals surface area contributed by atoms with Crippen molar-refractivity contribution in [3.8, 4) is 11.5 Å². The van der Waals surface area contributed by atoms with Gasteiger partial charge in [-0.1, -0.05) is 59.1 Å². The molecule has 196 valence electrons. The van der Waals surface area contributed by atoms with Crippen LogP contribution in [0.5, 0.6) is 11.5 Å². The van der Waals surface area contributed by atoms with Crippen molar-refractivity contribution in [2.45, 2.75) is 26.5 Å². The monoisotopic (exact) mass is 587 g/mol. The molecule has 0 saturated carbocycles. The molecule has 0 unspecified atom stereocenters. The van der Waals surface area contributed by atoms with Gasteiger partial charge in [-0.15, -0.1) is 6.58 Å². The highest BCUT2D eigenvalue weighted by atomic mass is 35.5. The Morgan fingerprint density at radius 3 is 2.37 bits per heavy atom. The van der Waals surface area contributed by atoms with E-state index in [0.717, 1.165) is 22.9 Å². The molecule has 3 aromatic rings. The van der Waals surface area contributed by atoms with Crippen LogP contribution in [0.2, 0.25) is 15.1 Å². The van der Waals surface area contributed by atoms with Crippen LogP contribution in [-0.2, 0) is 24.4 Å². The lowest BCUT2D eigenvalue weighted by molar-refractivity contribution is -0.123. The predicted octanol–water partition coefficient (Wildman–Crippen LogP) is 8.59. The Labute approximate surface area is 241 Å². The molecule has 4 rings (SSSR count). The minimum absolute atomic E-state index is 0.0569. The molecular formula is C29H24Cl3NO4S. The van der Waals surface area contributed by atoms with Gasteiger partial charge >= 0.3 is 0 Å². The van der Waals surface area contributed by atoms with Gasteiger partial charge in [-0.05, 0) is 84.3 Å². The minimum atomic E-state index is -0.391. The zero-order valence-electron chi connectivity index (χ0n) is 20.5. The molecule has 1 fully saturated rings. The SMILES string of the molecule is C=CCc1cc(/C=C2\SC(=O)N(Cc3ccc(Cl)cc3Cl)C2=O)cc(OCC)c1OCc1ccc(Cl)cc1. The number of carbonyl (C=O) groups is 2. The highest BCUT2D eigenvalue weighted by molar-refractivity contribution is 8.18. The number of allylic oxidation sites excluding steroid dienone is 1. The molecule has 1 saturated heterocycles. The van der Waals surface area contributed by atoms with Crippen molar-refractivity contribution in [3.05, 3.63) is 109 Å². The topological polar surface area (TPSA) is 55.8 Å². The Bertz CT molecular complexity index is 1410. The van der Waals surface area contributed by atoms with Gasteiger partial charge in [0.1, 0.15) is 6.61 Å². The summed E-state index contributed by atoms with van der Waals surface area (Å²) in [7, 11) is 0. The molecule has 38 heavy (non-hydrogen) atoms. The van der Waals surface area contributed by atoms with Crippen LogP contribution in [0.3, 0.4) is 0 Å². The van der Waals surface area contributed by atoms with Crippen LogP contribution in [0.25, 0.3) is 6.08 Å². The number of halogens is 3. The highest BCUT2D eigenvalue weighted by Crippen LogP contribution is 2.38. The summed E-state index contributed by atoms with van der Waals surface area (Å²) in [5.41, 5.74) is 3.14. The van der Waals surface area contributed by atoms with E-state index in [0.29, 0.717) is 62.2 Å². The van der Waals surface area contributed by atoms with E-state index in [9.17, 15) is 9.59 Å². The zero-order chi connectivity index (χ0) is 27.2. The van der Waals surface area contributed by atoms with Crippen molar-refractivity contribution < 1.29 is 19.1 Å². The van der Waals surface area contributed by atoms with Gasteiger partial charge in [-0.2, -0.15) is 0 Å². The van der Waals surface area contributed by atoms with Gasteiger partial charge in [0.15, 0.2) is 11.5 Å². The van der Waals surface area contributed by atoms with E-state index in [-0.39, 0.29) is 11.8 Å². The predicted molar refractivity (Wildman–Crippen MR) is 155 cm³/mol. The summed E-state index contributed by atoms with van der Waals surface area (Å²) >= 11 is 19.1. The fourth-order valence-electron chi connectivity index (χ4n) is 3.84. The number of benzene rings is 3. The highest BCUT2D eigenvalue weighted by Gasteiger charge is 2.35. The smallest absolute Gasteiger partial charge is 0.293 e. The molecule has 2 amide bonds. The number of imide groups is 1. The minimum Gasteiger partial charge on any atom is -0.490 e. The van der Waals surface area contributed by atoms with Gasteiger partial charge in [-0.25, -0.2) is 0 Å². The summed E-state index contributed by atoms with van der Waals surface area (Å²) in [5.74, 6) is 0.751. The van der Waals surface area contributed by atoms with Gasteiger partial charge in [0.2, 0.25) is 0 Å². The van der Waals surface area contributed by atoms with Crippen molar-refractivity contribution in [1.82, 2.24) is 4.90 Å². The molecular weight excluding hydrogens is 565 g/mol. The number of amides is 2. The molecule has 1 heterocycles. The molecule has 0 N–H and O–H groups in total. The van der Waals surface area contributed by atoms with E-state index in [2.05, 4.69) is 6.58 Å². The van der Waals surface area contributed by atoms with E-state index >= 15 is 0 Å². The summed E-state index contributed by atoms with van der Waals surface area (Å²) in [6.45, 7) is 6.55. The number of hydrogen-bond acceptors (Lipinski definition) is 5. The van der Waals surface area contributed by atoms with Gasteiger partial charge in [-0.3, -0.25) is 14.5 Å². The zero-order valence-corrected chi connectivity index (χ0v) is 23.6. The first-order valence-corrected chi connectivity index (χ1v) is 13.7. The first-order chi connectivity index (χ1) is 18.3. The van der Waals surface area contributed by atoms with Gasteiger partial charge in [0, 0.05) is 20.6 Å². The van der Waals surface area contributed by atoms with Gasteiger partial charge in [0.05, 0.1) is 18.1 Å². The normalized spacial score (nSPS) is 14.3. The van der Waals surface area contributed by atoms with Crippen molar-refractivity contribution in [3.63, 3.8) is 0 Å². The molecule has 0 aromatic heterocycles. The van der Waals surface area contributed by atoms with Crippen LogP contribution in [-0.4, -0.2) is 22.7 Å². The summed E-state index contributed by atoms with van der Waals surface area (Å²) in [5, 5.41) is 1.16. The Balaban J connectivity index is 1.61. The van der Waals surface area contributed by atoms with Crippen molar-refractivity contribution in [2.75, 3.05) is 6.61 Å². The number of nitrogens with zero attached hydrogens (tertiary/aromatic N) is 1. The lowest BCUT2D eigenvalue weighted by atomic mass is 10.0. The van der Waals surface area contributed by atoms with Crippen molar-refractivity contribution in [2.24, 2.45) is 0 Å². The van der Waals surface area contributed by atoms with E-state index in [4.69, 9.17) is 44.3 Å². The molecule has 3 aromatic carbocycles. The van der Waals surface area contributed by atoms with Crippen LogP contribution in [0.1, 0.15) is 29.2 Å². The van der Waals surface area contributed by atoms with Gasteiger partial charge in [0.25, 0.3) is 11.1 Å². The first-order valence-electron chi connectivity index (χ1n) is 11.8. The third-order valence-electron chi connectivity index (χ3n) is 5.63. The average Bonchev–Trinajstić information content (AvgIpc) is 3.13. The lowest BCUT2D eigenvalue weighted by Gasteiger charge is -2.17. The number of hydrogen-bond donors (Lipinski definition) is 0. The van der Waals surface area contributed by atoms with Crippen molar-refractivity contribution in [1.29, 1.82) is 0 Å². The second-order valence-electron chi connectivity index (χ2n) is 8.35. The maximum atomic E-state index is 13.1. The molecule has 1 aliphatic rings. The standard InChI is InChI=1S/C29H24Cl3NO4S/c1-3-5-20-12-19(13-25(36-4-2)27(20)37-17-18-6-9-22(30)10-7-18)14-26-28(34)33(29(35)38-26)16-21-8-11-23(31)15-24(21)32/h3,6-15H,1,4-5,16-17H2,2H3/b26-14-. The summed E-state index contributed by atoms with van der Waals surface area (Å²) in [6.07, 6.45) is 3.98. The van der Waals surface area contributed by atoms with Crippen LogP contribution in [0.15, 0.2) is 72.2 Å². The van der Waals surface area contributed by atoms with E-state index < -0.39 is 5.91 Å². The third-order valence-corrected chi connectivity index (χ3v) is 7.38. The van der Waals surface area contributed by atoms with E-state index in [1.54, 1.807) is 36.4 Å². The molecule has 9 heteroatoms. The van der Waals surface area contributed by atoms with Gasteiger partial charge < -0.3 is 9.47 Å². The molecule has 0 atom stereocenters. The van der Waals surface area contributed by atoms with Crippen LogP contribution >= 0.6 is 46.6 Å². The number of carbonyl (C=O) groups excluding carboxylic acids is 2. The van der Waals surface area contributed by atoms with Crippen molar-refractivity contribution >= 4 is 63.8 Å². The average molecular weight is 589 g/mol. The Kier molecular flexibility index (Phi) is 9.44. The summed E-state index contributed by atoms with van der Waals surface area (Å²) in [4.78, 5) is 27.3. The Morgan fingerprint density at radius 2 is 1.68 bits per heavy atom. The summed E-state index contributed by atoms with van der Waals surface area (Å²) < 4.78 is 12.1. The fourth-order valence-corrected chi connectivity index (χ4v) is 5.28. The first kappa shape index (κ1) is 28.1. The maximum Gasteiger partial charge on any atom is 0.293 e. The lowest BCUT2D eigenvalue weighted by Crippen LogP contribution is -2.27. The Morgan fingerprint density at radius 1 is 0.947 bits per heavy atom. The van der Waals surface area contributed by atoms with Crippen LogP contribution < -0.4 is 9.47 Å². The van der Waals surface area contributed by atoms with E-state index in [1.165, 1.54) is 4.90 Å². The number of ether oxygens (including phenoxy) is 2. The third kappa shape index (κ3) is 6.75. The molecule has 0 aliphatic carbocycles. The second kappa shape index (κ2) is 12.8. The van der Waals surface area contributed by atoms with E-state index in [1.807, 2.05) is 37.3 Å². The van der Waals surface area contributed by atoms with Crippen LogP contribution in [0.4, 0.5) is 4.79 Å². The number of rotatable bonds is 10. The second-order valence-corrected chi connectivity index (χ2v) is 10.6. The molecule has 5 nitrogen and oxygen atoms in total. The molecule has 0 bridgehead atoms. The molecule has 1 aliphatic heterocycles. The quantitative estimate of drug-likeness (QED) is 0.175. The molecule has 0 spiro atoms. The van der Waals surface area contributed by atoms with Crippen LogP contribution in [0, 0.1) is 0 Å². The largest absolute Gasteiger partial charge is 0.490 e. The maximum absolute atomic E-state index is 13.1. The Hall–Kier alpha value is -2.90. The fraction of sp³-hybridized carbons (Fsp3) is 0.172. The molecule has 0 radical (unpaired) electrons. The number of thioether (sulfide) groups is 1.